The van der Waals surface area contributed by atoms with E-state index in [1.165, 1.54) is 7.11 Å². The molecule has 2 heterocycles. The molecule has 0 unspecified atom stereocenters. The van der Waals surface area contributed by atoms with Crippen molar-refractivity contribution in [2.75, 3.05) is 17.7 Å². The molecule has 2 N–H and O–H groups in total. The van der Waals surface area contributed by atoms with E-state index >= 15 is 0 Å². The maximum absolute atomic E-state index is 11.4. The van der Waals surface area contributed by atoms with Gasteiger partial charge in [0, 0.05) is 11.2 Å². The number of thiocarbonyl (C=S) groups is 1. The molecule has 10 heteroatoms. The van der Waals surface area contributed by atoms with Crippen LogP contribution in [0.5, 0.6) is 0 Å². The van der Waals surface area contributed by atoms with Crippen LogP contribution in [0.2, 0.25) is 10.0 Å². The van der Waals surface area contributed by atoms with Crippen molar-refractivity contribution in [3.8, 4) is 0 Å². The van der Waals surface area contributed by atoms with Gasteiger partial charge < -0.3 is 19.8 Å². The summed E-state index contributed by atoms with van der Waals surface area (Å²) in [5, 5.41) is 11.7. The summed E-state index contributed by atoms with van der Waals surface area (Å²) in [6.07, 6.45) is 3.37. The van der Waals surface area contributed by atoms with Crippen LogP contribution in [0.3, 0.4) is 0 Å². The highest BCUT2D eigenvalue weighted by atomic mass is 35.5. The van der Waals surface area contributed by atoms with E-state index in [1.54, 1.807) is 41.3 Å². The van der Waals surface area contributed by atoms with Crippen LogP contribution in [-0.4, -0.2) is 28.0 Å². The molecule has 0 aliphatic heterocycles. The van der Waals surface area contributed by atoms with Gasteiger partial charge in [0.2, 0.25) is 5.76 Å². The molecular formula is C18H16Cl2N4O3S. The Hall–Kier alpha value is -2.55. The number of anilines is 2. The predicted molar refractivity (Wildman–Crippen MR) is 112 cm³/mol. The van der Waals surface area contributed by atoms with E-state index in [2.05, 4.69) is 20.5 Å². The van der Waals surface area contributed by atoms with E-state index in [9.17, 15) is 4.79 Å². The van der Waals surface area contributed by atoms with Crippen LogP contribution in [0.25, 0.3) is 0 Å². The first kappa shape index (κ1) is 20.2. The van der Waals surface area contributed by atoms with Gasteiger partial charge in [0.15, 0.2) is 5.11 Å². The average Bonchev–Trinajstić information content (AvgIpc) is 3.27. The minimum Gasteiger partial charge on any atom is -0.463 e. The zero-order valence-corrected chi connectivity index (χ0v) is 17.3. The number of rotatable bonds is 5. The van der Waals surface area contributed by atoms with Crippen molar-refractivity contribution in [2.45, 2.75) is 13.5 Å². The Morgan fingerprint density at radius 2 is 2.11 bits per heavy atom. The fourth-order valence-electron chi connectivity index (χ4n) is 2.48. The van der Waals surface area contributed by atoms with Crippen molar-refractivity contribution < 1.29 is 13.9 Å². The van der Waals surface area contributed by atoms with Gasteiger partial charge >= 0.3 is 5.97 Å². The first-order valence-electron chi connectivity index (χ1n) is 8.09. The number of hydrogen-bond donors (Lipinski definition) is 2. The zero-order chi connectivity index (χ0) is 20.3. The number of nitrogens with one attached hydrogen (secondary N) is 2. The van der Waals surface area contributed by atoms with Crippen LogP contribution < -0.4 is 10.6 Å². The van der Waals surface area contributed by atoms with Gasteiger partial charge in [0.25, 0.3) is 0 Å². The van der Waals surface area contributed by atoms with E-state index in [0.29, 0.717) is 38.8 Å². The zero-order valence-electron chi connectivity index (χ0n) is 15.0. The number of ether oxygens (including phenoxy) is 1. The number of benzene rings is 1. The van der Waals surface area contributed by atoms with Crippen LogP contribution in [0, 0.1) is 6.92 Å². The third-order valence-electron chi connectivity index (χ3n) is 3.75. The molecule has 3 aromatic rings. The largest absolute Gasteiger partial charge is 0.463 e. The Bertz CT molecular complexity index is 1010. The second-order valence-corrected chi connectivity index (χ2v) is 7.09. The molecule has 0 bridgehead atoms. The standard InChI is InChI=1S/C18H16Cl2N4O3S/c1-10-5-11(19)6-14(20)16(10)23-18(28)22-12-7-21-24(8-12)9-13-3-4-15(27-13)17(25)26-2/h3-8H,9H2,1-2H3,(H2,22,23,28). The number of methoxy groups -OCH3 is 1. The molecule has 0 aliphatic rings. The minimum atomic E-state index is -0.526. The van der Waals surface area contributed by atoms with E-state index in [-0.39, 0.29) is 5.76 Å². The van der Waals surface area contributed by atoms with Gasteiger partial charge in [-0.25, -0.2) is 4.79 Å². The monoisotopic (exact) mass is 438 g/mol. The fourth-order valence-corrected chi connectivity index (χ4v) is 3.35. The maximum atomic E-state index is 11.4. The number of furan rings is 1. The van der Waals surface area contributed by atoms with E-state index in [1.807, 2.05) is 6.92 Å². The Labute approximate surface area is 176 Å². The third kappa shape index (κ3) is 4.83. The van der Waals surface area contributed by atoms with Gasteiger partial charge in [-0.2, -0.15) is 5.10 Å². The van der Waals surface area contributed by atoms with Gasteiger partial charge in [-0.05, 0) is 49.0 Å². The van der Waals surface area contributed by atoms with E-state index in [0.717, 1.165) is 5.56 Å². The number of halogens is 2. The number of hydrogen-bond acceptors (Lipinski definition) is 5. The molecule has 0 aliphatic carbocycles. The Morgan fingerprint density at radius 1 is 1.32 bits per heavy atom. The van der Waals surface area contributed by atoms with Gasteiger partial charge in [0.1, 0.15) is 5.76 Å². The van der Waals surface area contributed by atoms with Crippen LogP contribution in [0.1, 0.15) is 21.9 Å². The summed E-state index contributed by atoms with van der Waals surface area (Å²) < 4.78 is 11.7. The summed E-state index contributed by atoms with van der Waals surface area (Å²) in [5.74, 6) is 0.185. The summed E-state index contributed by atoms with van der Waals surface area (Å²) >= 11 is 17.5. The molecule has 3 rings (SSSR count). The highest BCUT2D eigenvalue weighted by molar-refractivity contribution is 7.80. The number of carbonyl (C=O) groups excluding carboxylic acids is 1. The molecule has 7 nitrogen and oxygen atoms in total. The van der Waals surface area contributed by atoms with Crippen molar-refractivity contribution >= 4 is 57.9 Å². The molecule has 0 saturated heterocycles. The SMILES string of the molecule is COC(=O)c1ccc(Cn2cc(NC(=S)Nc3c(C)cc(Cl)cc3Cl)cn2)o1. The second kappa shape index (κ2) is 8.64. The minimum absolute atomic E-state index is 0.142. The number of esters is 1. The van der Waals surface area contributed by atoms with Crippen molar-refractivity contribution in [3.63, 3.8) is 0 Å². The molecule has 0 saturated carbocycles. The Morgan fingerprint density at radius 3 is 2.82 bits per heavy atom. The van der Waals surface area contributed by atoms with Gasteiger partial charge in [-0.3, -0.25) is 4.68 Å². The number of aromatic nitrogens is 2. The maximum Gasteiger partial charge on any atom is 0.373 e. The molecule has 0 spiro atoms. The van der Waals surface area contributed by atoms with Crippen LogP contribution in [-0.2, 0) is 11.3 Å². The lowest BCUT2D eigenvalue weighted by molar-refractivity contribution is 0.0563. The predicted octanol–water partition coefficient (Wildman–Crippen LogP) is 4.74. The molecule has 2 aromatic heterocycles. The van der Waals surface area contributed by atoms with E-state index in [4.69, 9.17) is 39.8 Å². The highest BCUT2D eigenvalue weighted by Gasteiger charge is 2.12. The van der Waals surface area contributed by atoms with Crippen molar-refractivity contribution in [2.24, 2.45) is 0 Å². The lowest BCUT2D eigenvalue weighted by atomic mass is 10.2. The topological polar surface area (TPSA) is 81.3 Å². The number of carbonyl (C=O) groups is 1. The number of aryl methyl sites for hydroxylation is 1. The van der Waals surface area contributed by atoms with Crippen LogP contribution in [0.4, 0.5) is 11.4 Å². The summed E-state index contributed by atoms with van der Waals surface area (Å²) in [6.45, 7) is 2.23. The lowest BCUT2D eigenvalue weighted by Gasteiger charge is -2.13. The summed E-state index contributed by atoms with van der Waals surface area (Å²) in [4.78, 5) is 11.4. The first-order chi connectivity index (χ1) is 13.4. The summed E-state index contributed by atoms with van der Waals surface area (Å²) in [5.41, 5.74) is 2.23. The average molecular weight is 439 g/mol. The van der Waals surface area contributed by atoms with Gasteiger partial charge in [0.05, 0.1) is 36.2 Å². The molecule has 28 heavy (non-hydrogen) atoms. The summed E-state index contributed by atoms with van der Waals surface area (Å²) in [7, 11) is 1.30. The molecule has 0 radical (unpaired) electrons. The van der Waals surface area contributed by atoms with Crippen LogP contribution >= 0.6 is 35.4 Å². The second-order valence-electron chi connectivity index (χ2n) is 5.84. The Balaban J connectivity index is 1.62. The molecular weight excluding hydrogens is 423 g/mol. The Kier molecular flexibility index (Phi) is 6.23. The molecule has 0 atom stereocenters. The summed E-state index contributed by atoms with van der Waals surface area (Å²) in [6, 6.07) is 6.69. The highest BCUT2D eigenvalue weighted by Crippen LogP contribution is 2.29. The van der Waals surface area contributed by atoms with Gasteiger partial charge in [-0.1, -0.05) is 23.2 Å². The third-order valence-corrected chi connectivity index (χ3v) is 4.47. The molecule has 1 aromatic carbocycles. The van der Waals surface area contributed by atoms with Gasteiger partial charge in [-0.15, -0.1) is 0 Å². The lowest BCUT2D eigenvalue weighted by Crippen LogP contribution is -2.19. The van der Waals surface area contributed by atoms with E-state index < -0.39 is 5.97 Å². The fraction of sp³-hybridized carbons (Fsp3) is 0.167. The molecule has 146 valence electrons. The van der Waals surface area contributed by atoms with Crippen LogP contribution in [0.15, 0.2) is 41.1 Å². The quantitative estimate of drug-likeness (QED) is 0.439. The smallest absolute Gasteiger partial charge is 0.373 e. The van der Waals surface area contributed by atoms with Crippen molar-refractivity contribution in [3.05, 3.63) is 63.8 Å². The first-order valence-corrected chi connectivity index (χ1v) is 9.25. The van der Waals surface area contributed by atoms with Crippen molar-refractivity contribution in [1.82, 2.24) is 9.78 Å². The molecule has 0 amide bonds. The number of nitrogens with zero attached hydrogens (tertiary/aromatic N) is 2. The molecule has 0 fully saturated rings. The van der Waals surface area contributed by atoms with Crippen molar-refractivity contribution in [1.29, 1.82) is 0 Å². The normalized spacial score (nSPS) is 10.6.